The Morgan fingerprint density at radius 2 is 1.92 bits per heavy atom. The van der Waals surface area contributed by atoms with Crippen LogP contribution in [0.5, 0.6) is 0 Å². The highest BCUT2D eigenvalue weighted by Crippen LogP contribution is 2.29. The number of hydrogen-bond acceptors (Lipinski definition) is 1. The minimum atomic E-state index is -0.503. The second kappa shape index (κ2) is 3.77. The van der Waals surface area contributed by atoms with Crippen LogP contribution >= 0.6 is 43.5 Å². The van der Waals surface area contributed by atoms with Gasteiger partial charge in [0, 0.05) is 8.95 Å². The molecule has 1 aromatic carbocycles. The highest BCUT2D eigenvalue weighted by molar-refractivity contribution is 9.11. The van der Waals surface area contributed by atoms with Gasteiger partial charge in [-0.15, -0.1) is 0 Å². The van der Waals surface area contributed by atoms with Crippen LogP contribution in [-0.4, -0.2) is 5.91 Å². The molecule has 5 heteroatoms. The number of amides is 1. The van der Waals surface area contributed by atoms with Gasteiger partial charge in [-0.3, -0.25) is 4.79 Å². The van der Waals surface area contributed by atoms with E-state index in [0.29, 0.717) is 15.1 Å². The van der Waals surface area contributed by atoms with E-state index in [1.165, 1.54) is 6.07 Å². The SMILES string of the molecule is NC(=O)c1cc(Cl)c(Br)cc1Br. The molecule has 0 spiro atoms. The second-order valence-electron chi connectivity index (χ2n) is 2.11. The molecule has 0 aliphatic heterocycles. The normalized spacial score (nSPS) is 9.92. The third-order valence-electron chi connectivity index (χ3n) is 1.28. The number of carbonyl (C=O) groups excluding carboxylic acids is 1. The lowest BCUT2D eigenvalue weighted by atomic mass is 10.2. The number of carbonyl (C=O) groups is 1. The molecule has 2 nitrogen and oxygen atoms in total. The van der Waals surface area contributed by atoms with Crippen molar-refractivity contribution in [1.82, 2.24) is 0 Å². The minimum absolute atomic E-state index is 0.378. The van der Waals surface area contributed by atoms with E-state index in [2.05, 4.69) is 31.9 Å². The van der Waals surface area contributed by atoms with E-state index in [9.17, 15) is 4.79 Å². The van der Waals surface area contributed by atoms with Gasteiger partial charge in [-0.25, -0.2) is 0 Å². The lowest BCUT2D eigenvalue weighted by Crippen LogP contribution is -2.11. The molecule has 0 aromatic heterocycles. The zero-order valence-electron chi connectivity index (χ0n) is 5.77. The van der Waals surface area contributed by atoms with Gasteiger partial charge in [0.05, 0.1) is 10.6 Å². The monoisotopic (exact) mass is 311 g/mol. The first-order chi connectivity index (χ1) is 5.52. The zero-order valence-corrected chi connectivity index (χ0v) is 9.70. The molecule has 0 heterocycles. The van der Waals surface area contributed by atoms with Crippen LogP contribution in [0.3, 0.4) is 0 Å². The Labute approximate surface area is 91.3 Å². The first kappa shape index (κ1) is 10.0. The van der Waals surface area contributed by atoms with Gasteiger partial charge in [-0.05, 0) is 44.0 Å². The van der Waals surface area contributed by atoms with Crippen LogP contribution in [0.1, 0.15) is 10.4 Å². The fourth-order valence-electron chi connectivity index (χ4n) is 0.711. The molecule has 0 atom stereocenters. The summed E-state index contributed by atoms with van der Waals surface area (Å²) in [5.74, 6) is -0.503. The van der Waals surface area contributed by atoms with Gasteiger partial charge in [0.25, 0.3) is 0 Å². The first-order valence-corrected chi connectivity index (χ1v) is 4.93. The van der Waals surface area contributed by atoms with Crippen molar-refractivity contribution < 1.29 is 4.79 Å². The number of primary amides is 1. The van der Waals surface area contributed by atoms with Gasteiger partial charge >= 0.3 is 0 Å². The summed E-state index contributed by atoms with van der Waals surface area (Å²) in [5, 5.41) is 0.465. The first-order valence-electron chi connectivity index (χ1n) is 2.96. The molecule has 0 bridgehead atoms. The Morgan fingerprint density at radius 3 is 2.42 bits per heavy atom. The summed E-state index contributed by atoms with van der Waals surface area (Å²) in [7, 11) is 0. The summed E-state index contributed by atoms with van der Waals surface area (Å²) in [6.45, 7) is 0. The van der Waals surface area contributed by atoms with Crippen LogP contribution in [0, 0.1) is 0 Å². The van der Waals surface area contributed by atoms with Crippen molar-refractivity contribution in [2.75, 3.05) is 0 Å². The van der Waals surface area contributed by atoms with E-state index in [-0.39, 0.29) is 0 Å². The predicted molar refractivity (Wildman–Crippen MR) is 55.4 cm³/mol. The van der Waals surface area contributed by atoms with E-state index >= 15 is 0 Å². The van der Waals surface area contributed by atoms with Gasteiger partial charge in [-0.2, -0.15) is 0 Å². The van der Waals surface area contributed by atoms with Gasteiger partial charge < -0.3 is 5.73 Å². The molecule has 64 valence electrons. The predicted octanol–water partition coefficient (Wildman–Crippen LogP) is 2.96. The molecule has 0 aliphatic rings. The Hall–Kier alpha value is -0.0600. The summed E-state index contributed by atoms with van der Waals surface area (Å²) in [6.07, 6.45) is 0. The van der Waals surface area contributed by atoms with Gasteiger partial charge in [-0.1, -0.05) is 11.6 Å². The van der Waals surface area contributed by atoms with Gasteiger partial charge in [0.15, 0.2) is 0 Å². The smallest absolute Gasteiger partial charge is 0.249 e. The molecular weight excluding hydrogens is 309 g/mol. The fourth-order valence-corrected chi connectivity index (χ4v) is 2.06. The molecule has 1 rings (SSSR count). The molecular formula is C7H4Br2ClNO. The Bertz CT molecular complexity index is 340. The minimum Gasteiger partial charge on any atom is -0.366 e. The van der Waals surface area contributed by atoms with Gasteiger partial charge in [0.1, 0.15) is 0 Å². The van der Waals surface area contributed by atoms with E-state index in [1.54, 1.807) is 6.07 Å². The van der Waals surface area contributed by atoms with Crippen LogP contribution in [0.2, 0.25) is 5.02 Å². The standard InChI is InChI=1S/C7H4Br2ClNO/c8-4-2-5(9)6(10)1-3(4)7(11)12/h1-2H,(H2,11,12). The van der Waals surface area contributed by atoms with Crippen molar-refractivity contribution in [1.29, 1.82) is 0 Å². The maximum absolute atomic E-state index is 10.8. The van der Waals surface area contributed by atoms with Crippen LogP contribution in [0.25, 0.3) is 0 Å². The molecule has 1 amide bonds. The number of benzene rings is 1. The molecule has 0 fully saturated rings. The number of rotatable bonds is 1. The highest BCUT2D eigenvalue weighted by atomic mass is 79.9. The average Bonchev–Trinajstić information content (AvgIpc) is 1.96. The van der Waals surface area contributed by atoms with Crippen molar-refractivity contribution in [2.45, 2.75) is 0 Å². The van der Waals surface area contributed by atoms with E-state index in [1.807, 2.05) is 0 Å². The maximum Gasteiger partial charge on any atom is 0.249 e. The molecule has 0 saturated heterocycles. The summed E-state index contributed by atoms with van der Waals surface area (Å²) in [5.41, 5.74) is 5.47. The number of hydrogen-bond donors (Lipinski definition) is 1. The van der Waals surface area contributed by atoms with E-state index < -0.39 is 5.91 Å². The number of halogens is 3. The molecule has 0 radical (unpaired) electrons. The van der Waals surface area contributed by atoms with Gasteiger partial charge in [0.2, 0.25) is 5.91 Å². The molecule has 2 N–H and O–H groups in total. The average molecular weight is 313 g/mol. The summed E-state index contributed by atoms with van der Waals surface area (Å²) in [4.78, 5) is 10.8. The lowest BCUT2D eigenvalue weighted by Gasteiger charge is -2.01. The molecule has 1 aromatic rings. The fraction of sp³-hybridized carbons (Fsp3) is 0. The highest BCUT2D eigenvalue weighted by Gasteiger charge is 2.08. The summed E-state index contributed by atoms with van der Waals surface area (Å²) >= 11 is 12.2. The zero-order chi connectivity index (χ0) is 9.30. The Morgan fingerprint density at radius 1 is 1.33 bits per heavy atom. The molecule has 12 heavy (non-hydrogen) atoms. The maximum atomic E-state index is 10.8. The van der Waals surface area contributed by atoms with E-state index in [0.717, 1.165) is 4.47 Å². The largest absolute Gasteiger partial charge is 0.366 e. The van der Waals surface area contributed by atoms with Crippen molar-refractivity contribution >= 4 is 49.4 Å². The van der Waals surface area contributed by atoms with Crippen LogP contribution in [0.15, 0.2) is 21.1 Å². The van der Waals surface area contributed by atoms with Crippen molar-refractivity contribution in [2.24, 2.45) is 5.73 Å². The van der Waals surface area contributed by atoms with Crippen LogP contribution in [0.4, 0.5) is 0 Å². The Balaban J connectivity index is 3.33. The van der Waals surface area contributed by atoms with Crippen molar-refractivity contribution in [3.63, 3.8) is 0 Å². The topological polar surface area (TPSA) is 43.1 Å². The molecule has 0 unspecified atom stereocenters. The van der Waals surface area contributed by atoms with Crippen molar-refractivity contribution in [3.8, 4) is 0 Å². The second-order valence-corrected chi connectivity index (χ2v) is 4.23. The third-order valence-corrected chi connectivity index (χ3v) is 3.13. The lowest BCUT2D eigenvalue weighted by molar-refractivity contribution is 0.0999. The quantitative estimate of drug-likeness (QED) is 0.796. The van der Waals surface area contributed by atoms with Crippen LogP contribution in [-0.2, 0) is 0 Å². The summed E-state index contributed by atoms with van der Waals surface area (Å²) < 4.78 is 1.35. The van der Waals surface area contributed by atoms with E-state index in [4.69, 9.17) is 17.3 Å². The third kappa shape index (κ3) is 2.00. The van der Waals surface area contributed by atoms with Crippen LogP contribution < -0.4 is 5.73 Å². The number of nitrogens with two attached hydrogens (primary N) is 1. The summed E-state index contributed by atoms with van der Waals surface area (Å²) in [6, 6.07) is 3.19. The Kier molecular flexibility index (Phi) is 3.15. The molecule has 0 saturated carbocycles. The molecule has 0 aliphatic carbocycles. The van der Waals surface area contributed by atoms with Crippen molar-refractivity contribution in [3.05, 3.63) is 31.7 Å².